The molecule has 0 fully saturated rings. The monoisotopic (exact) mass is 808 g/mol. The van der Waals surface area contributed by atoms with Crippen LogP contribution in [-0.2, 0) is 35.6 Å². The van der Waals surface area contributed by atoms with E-state index in [0.717, 1.165) is 52.0 Å². The third-order valence-corrected chi connectivity index (χ3v) is 11.3. The van der Waals surface area contributed by atoms with E-state index in [4.69, 9.17) is 23.9 Å². The summed E-state index contributed by atoms with van der Waals surface area (Å²) >= 11 is 0. The summed E-state index contributed by atoms with van der Waals surface area (Å²) in [6, 6.07) is 28.7. The van der Waals surface area contributed by atoms with Gasteiger partial charge in [0.2, 0.25) is 12.3 Å². The number of anilines is 4. The van der Waals surface area contributed by atoms with Gasteiger partial charge >= 0.3 is 0 Å². The zero-order chi connectivity index (χ0) is 41.9. The maximum atomic E-state index is 14.0. The lowest BCUT2D eigenvalue weighted by molar-refractivity contribution is -0.117. The second-order valence-corrected chi connectivity index (χ2v) is 15.1. The highest BCUT2D eigenvalue weighted by atomic mass is 16.5. The van der Waals surface area contributed by atoms with Gasteiger partial charge in [0.1, 0.15) is 13.2 Å². The Morgan fingerprint density at radius 3 is 2.20 bits per heavy atom. The molecule has 8 rings (SSSR count). The quantitative estimate of drug-likeness (QED) is 0.0936. The highest BCUT2D eigenvalue weighted by Crippen LogP contribution is 2.41. The van der Waals surface area contributed by atoms with Crippen LogP contribution in [0.25, 0.3) is 0 Å². The molecule has 5 aromatic carbocycles. The number of hydrogen-bond acceptors (Lipinski definition) is 10. The lowest BCUT2D eigenvalue weighted by Gasteiger charge is -2.23. The average molecular weight is 809 g/mol. The summed E-state index contributed by atoms with van der Waals surface area (Å²) in [4.78, 5) is 49.0. The summed E-state index contributed by atoms with van der Waals surface area (Å²) in [7, 11) is 6.60. The number of aliphatic imine (C=N–C) groups is 1. The number of nitrogens with zero attached hydrogens (tertiary/aromatic N) is 4. The first-order chi connectivity index (χ1) is 29.2. The number of methoxy groups -OCH3 is 2. The summed E-state index contributed by atoms with van der Waals surface area (Å²) in [5.41, 5.74) is 9.07. The molecule has 0 spiro atoms. The zero-order valence-electron chi connectivity index (χ0n) is 34.4. The lowest BCUT2D eigenvalue weighted by atomic mass is 10.1. The highest BCUT2D eigenvalue weighted by molar-refractivity contribution is 6.12. The third kappa shape index (κ3) is 7.83. The number of likely N-dealkylation sites (N-methyl/N-ethyl adjacent to an activating group) is 2. The van der Waals surface area contributed by atoms with Crippen LogP contribution >= 0.6 is 0 Å². The molecule has 3 aliphatic rings. The van der Waals surface area contributed by atoms with Crippen LogP contribution in [0.4, 0.5) is 28.4 Å². The van der Waals surface area contributed by atoms with Crippen molar-refractivity contribution < 1.29 is 33.3 Å². The number of aryl methyl sites for hydroxylation is 1. The molecular weight excluding hydrogens is 761 g/mol. The summed E-state index contributed by atoms with van der Waals surface area (Å²) in [6.45, 7) is 2.97. The van der Waals surface area contributed by atoms with E-state index < -0.39 is 0 Å². The Kier molecular flexibility index (Phi) is 11.4. The number of para-hydroxylation sites is 2. The molecule has 2 atom stereocenters. The molecule has 3 aliphatic heterocycles. The van der Waals surface area contributed by atoms with Crippen molar-refractivity contribution in [3.63, 3.8) is 0 Å². The van der Waals surface area contributed by atoms with Crippen molar-refractivity contribution in [3.8, 4) is 23.0 Å². The number of rotatable bonds is 14. The Morgan fingerprint density at radius 1 is 0.867 bits per heavy atom. The van der Waals surface area contributed by atoms with Gasteiger partial charge in [0.05, 0.1) is 49.8 Å². The number of benzene rings is 5. The smallest absolute Gasteiger partial charge is 0.260 e. The first kappa shape index (κ1) is 39.9. The van der Waals surface area contributed by atoms with E-state index in [1.807, 2.05) is 90.7 Å². The third-order valence-electron chi connectivity index (χ3n) is 11.3. The van der Waals surface area contributed by atoms with E-state index in [2.05, 4.69) is 16.7 Å². The van der Waals surface area contributed by atoms with Crippen LogP contribution in [0.3, 0.4) is 0 Å². The SMILES string of the molecule is CNCC(=O)N(C)c1cc(COc2cc(/N=C\[C@@H]3Cc4ccccc4N3C=O)c(C)cc2OC)cc(COc2cc3c(cc2OC)C(=O)N2c4ccccc4CC2CN3)c1. The standard InChI is InChI=1S/C47H48N6O7/c1-29-14-42(57-4)44(21-38(29)49-23-35-18-32-10-6-8-12-40(32)52(35)28-54)59-26-30-15-31(17-34(16-30)51(3)46(55)25-48-2)27-60-45-22-39-37(20-43(45)58-5)47(56)53-36(24-50-39)19-33-11-7-9-13-41(33)53/h6-17,20-23,28,35-36,48,50H,18-19,24-27H2,1-5H3/b49-23-/t35-,36?/m0/s1. The molecule has 2 N–H and O–H groups in total. The fourth-order valence-corrected chi connectivity index (χ4v) is 8.18. The van der Waals surface area contributed by atoms with Crippen LogP contribution in [0.5, 0.6) is 23.0 Å². The number of amides is 3. The van der Waals surface area contributed by atoms with Gasteiger partial charge in [-0.1, -0.05) is 36.4 Å². The van der Waals surface area contributed by atoms with Crippen molar-refractivity contribution in [1.82, 2.24) is 5.32 Å². The number of carbonyl (C=O) groups excluding carboxylic acids is 3. The number of hydrogen-bond donors (Lipinski definition) is 2. The average Bonchev–Trinajstić information content (AvgIpc) is 3.79. The molecule has 308 valence electrons. The summed E-state index contributed by atoms with van der Waals surface area (Å²) in [5.74, 6) is 1.72. The molecule has 0 bridgehead atoms. The summed E-state index contributed by atoms with van der Waals surface area (Å²) < 4.78 is 24.3. The molecule has 0 aliphatic carbocycles. The van der Waals surface area contributed by atoms with Crippen LogP contribution in [0.2, 0.25) is 0 Å². The lowest BCUT2D eigenvalue weighted by Crippen LogP contribution is -2.39. The van der Waals surface area contributed by atoms with Crippen molar-refractivity contribution in [2.24, 2.45) is 4.99 Å². The van der Waals surface area contributed by atoms with Crippen LogP contribution in [-0.4, -0.2) is 77.9 Å². The van der Waals surface area contributed by atoms with E-state index >= 15 is 0 Å². The van der Waals surface area contributed by atoms with Crippen molar-refractivity contribution in [1.29, 1.82) is 0 Å². The van der Waals surface area contributed by atoms with Crippen molar-refractivity contribution in [3.05, 3.63) is 124 Å². The molecular formula is C47H48N6O7. The molecule has 60 heavy (non-hydrogen) atoms. The molecule has 0 radical (unpaired) electrons. The predicted molar refractivity (Wildman–Crippen MR) is 233 cm³/mol. The molecule has 0 saturated heterocycles. The van der Waals surface area contributed by atoms with Gasteiger partial charge in [0.15, 0.2) is 23.0 Å². The molecule has 13 nitrogen and oxygen atoms in total. The van der Waals surface area contributed by atoms with Gasteiger partial charge in [-0.2, -0.15) is 0 Å². The van der Waals surface area contributed by atoms with Gasteiger partial charge in [-0.15, -0.1) is 0 Å². The fourth-order valence-electron chi connectivity index (χ4n) is 8.18. The Balaban J connectivity index is 1.03. The van der Waals surface area contributed by atoms with Gasteiger partial charge in [-0.05, 0) is 90.7 Å². The fraction of sp³-hybridized carbons (Fsp3) is 0.277. The Morgan fingerprint density at radius 2 is 1.52 bits per heavy atom. The minimum Gasteiger partial charge on any atom is -0.493 e. The number of fused-ring (bicyclic) bond motifs is 5. The normalized spacial score (nSPS) is 16.3. The minimum absolute atomic E-state index is 0.00683. The maximum Gasteiger partial charge on any atom is 0.260 e. The van der Waals surface area contributed by atoms with Gasteiger partial charge < -0.3 is 44.3 Å². The van der Waals surface area contributed by atoms with E-state index in [1.54, 1.807) is 50.4 Å². The second-order valence-electron chi connectivity index (χ2n) is 15.1. The minimum atomic E-state index is -0.211. The predicted octanol–water partition coefficient (Wildman–Crippen LogP) is 6.64. The van der Waals surface area contributed by atoms with Crippen molar-refractivity contribution >= 4 is 52.9 Å². The van der Waals surface area contributed by atoms with Gasteiger partial charge in [0.25, 0.3) is 5.91 Å². The zero-order valence-corrected chi connectivity index (χ0v) is 34.4. The van der Waals surface area contributed by atoms with Crippen LogP contribution in [0.15, 0.2) is 96.0 Å². The highest BCUT2D eigenvalue weighted by Gasteiger charge is 2.38. The molecule has 3 heterocycles. The summed E-state index contributed by atoms with van der Waals surface area (Å²) in [5, 5.41) is 6.42. The second kappa shape index (κ2) is 17.2. The summed E-state index contributed by atoms with van der Waals surface area (Å²) in [6.07, 6.45) is 4.10. The number of ether oxygens (including phenoxy) is 4. The number of carbonyl (C=O) groups is 3. The number of nitrogens with one attached hydrogen (secondary N) is 2. The molecule has 0 saturated carbocycles. The van der Waals surface area contributed by atoms with Gasteiger partial charge in [-0.3, -0.25) is 19.4 Å². The largest absolute Gasteiger partial charge is 0.493 e. The Labute approximate surface area is 349 Å². The van der Waals surface area contributed by atoms with Crippen LogP contribution in [0, 0.1) is 6.92 Å². The first-order valence-corrected chi connectivity index (χ1v) is 19.9. The van der Waals surface area contributed by atoms with Crippen molar-refractivity contribution in [2.45, 2.75) is 45.1 Å². The van der Waals surface area contributed by atoms with E-state index in [9.17, 15) is 14.4 Å². The van der Waals surface area contributed by atoms with Crippen LogP contribution < -0.4 is 44.3 Å². The molecule has 13 heteroatoms. The molecule has 0 aromatic heterocycles. The van der Waals surface area contributed by atoms with Gasteiger partial charge in [-0.25, -0.2) is 0 Å². The van der Waals surface area contributed by atoms with Crippen molar-refractivity contribution in [2.75, 3.05) is 61.4 Å². The van der Waals surface area contributed by atoms with Crippen LogP contribution in [0.1, 0.15) is 38.2 Å². The maximum absolute atomic E-state index is 14.0. The Bertz CT molecular complexity index is 2490. The Hall–Kier alpha value is -6.86. The van der Waals surface area contributed by atoms with E-state index in [-0.39, 0.29) is 43.7 Å². The van der Waals surface area contributed by atoms with Gasteiger partial charge in [0, 0.05) is 55.4 Å². The molecule has 1 unspecified atom stereocenters. The topological polar surface area (TPSA) is 134 Å². The molecule has 5 aromatic rings. The van der Waals surface area contributed by atoms with E-state index in [1.165, 1.54) is 0 Å². The van der Waals surface area contributed by atoms with E-state index in [0.29, 0.717) is 58.6 Å². The molecule has 3 amide bonds. The first-order valence-electron chi connectivity index (χ1n) is 19.9.